The van der Waals surface area contributed by atoms with E-state index in [2.05, 4.69) is 235 Å². The Hall–Kier alpha value is -8.48. The van der Waals surface area contributed by atoms with Crippen LogP contribution in [0.25, 0.3) is 108 Å². The maximum Gasteiger partial charge on any atom is 0.164 e. The molecule has 0 aliphatic carbocycles. The monoisotopic (exact) mass is 864 g/mol. The van der Waals surface area contributed by atoms with Crippen molar-refractivity contribution in [1.29, 1.82) is 0 Å². The van der Waals surface area contributed by atoms with Crippen LogP contribution in [0.4, 0.5) is 0 Å². The molecule has 0 amide bonds. The highest BCUT2D eigenvalue weighted by Gasteiger charge is 2.17. The van der Waals surface area contributed by atoms with Gasteiger partial charge in [-0.25, -0.2) is 29.9 Å². The molecular weight excluding hydrogens is 817 g/mol. The van der Waals surface area contributed by atoms with Gasteiger partial charge in [0.25, 0.3) is 0 Å². The molecule has 0 spiro atoms. The molecule has 67 heavy (non-hydrogen) atoms. The largest absolute Gasteiger partial charge is 0.208 e. The van der Waals surface area contributed by atoms with Crippen LogP contribution in [0.3, 0.4) is 0 Å². The normalized spacial score (nSPS) is 11.3. The van der Waals surface area contributed by atoms with Crippen LogP contribution in [-0.4, -0.2) is 29.9 Å². The first-order chi connectivity index (χ1) is 32.7. The van der Waals surface area contributed by atoms with Crippen LogP contribution in [0.5, 0.6) is 0 Å². The Morgan fingerprint density at radius 1 is 0.269 bits per heavy atom. The average molecular weight is 865 g/mol. The van der Waals surface area contributed by atoms with Gasteiger partial charge in [0.2, 0.25) is 0 Å². The predicted octanol–water partition coefficient (Wildman–Crippen LogP) is 15.3. The summed E-state index contributed by atoms with van der Waals surface area (Å²) >= 11 is 0. The lowest BCUT2D eigenvalue weighted by Crippen LogP contribution is -2.00. The van der Waals surface area contributed by atoms with Crippen molar-refractivity contribution < 1.29 is 0 Å². The minimum atomic E-state index is 0.622. The molecule has 8 aromatic carbocycles. The minimum absolute atomic E-state index is 0.622. The molecule has 0 aliphatic heterocycles. The van der Waals surface area contributed by atoms with Crippen LogP contribution < -0.4 is 0 Å². The summed E-state index contributed by atoms with van der Waals surface area (Å²) in [5.74, 6) is 3.81. The van der Waals surface area contributed by atoms with Gasteiger partial charge in [0, 0.05) is 33.4 Å². The number of hydrogen-bond donors (Lipinski definition) is 0. The molecule has 0 atom stereocenters. The Morgan fingerprint density at radius 3 is 0.851 bits per heavy atom. The van der Waals surface area contributed by atoms with E-state index in [1.165, 1.54) is 22.3 Å². The third kappa shape index (κ3) is 9.24. The fraction of sp³-hybridized carbons (Fsp3) is 0.0820. The van der Waals surface area contributed by atoms with E-state index < -0.39 is 0 Å². The number of aryl methyl sites for hydroxylation is 4. The standard InChI is InChI=1S/C61H48N6/c1-6-11-55-53(18-10-19-54(55)50-15-9-17-52(38-50)61-66-58(45-32-24-41(4)25-33-45)63-59(67-61)46-34-26-42(5)27-35-46)49-14-7-12-47(36-49)48-13-8-16-51(37-48)60-64-56(43-28-20-39(2)21-29-43)62-57(65-60)44-30-22-40(3)23-31-44/h6-38H,1-5H3/b11-6-. The quantitative estimate of drug-likeness (QED) is 0.136. The topological polar surface area (TPSA) is 77.3 Å². The van der Waals surface area contributed by atoms with Gasteiger partial charge in [-0.15, -0.1) is 0 Å². The zero-order chi connectivity index (χ0) is 45.9. The van der Waals surface area contributed by atoms with Crippen molar-refractivity contribution in [2.75, 3.05) is 0 Å². The lowest BCUT2D eigenvalue weighted by molar-refractivity contribution is 1.07. The van der Waals surface area contributed by atoms with Crippen LogP contribution in [0.15, 0.2) is 194 Å². The maximum atomic E-state index is 5.06. The highest BCUT2D eigenvalue weighted by atomic mass is 15.0. The molecule has 2 heterocycles. The summed E-state index contributed by atoms with van der Waals surface area (Å²) in [5, 5.41) is 0. The number of allylic oxidation sites excluding steroid dienone is 1. The summed E-state index contributed by atoms with van der Waals surface area (Å²) < 4.78 is 0. The van der Waals surface area contributed by atoms with Gasteiger partial charge in [-0.1, -0.05) is 204 Å². The molecule has 0 fully saturated rings. The fourth-order valence-corrected chi connectivity index (χ4v) is 8.28. The summed E-state index contributed by atoms with van der Waals surface area (Å²) in [4.78, 5) is 30.1. The van der Waals surface area contributed by atoms with E-state index in [0.717, 1.165) is 72.3 Å². The third-order valence-corrected chi connectivity index (χ3v) is 12.0. The molecule has 0 radical (unpaired) electrons. The highest BCUT2D eigenvalue weighted by molar-refractivity contribution is 5.89. The molecule has 0 unspecified atom stereocenters. The van der Waals surface area contributed by atoms with Gasteiger partial charge in [0.15, 0.2) is 34.9 Å². The number of rotatable bonds is 10. The van der Waals surface area contributed by atoms with Crippen molar-refractivity contribution >= 4 is 6.08 Å². The lowest BCUT2D eigenvalue weighted by atomic mass is 9.89. The van der Waals surface area contributed by atoms with Gasteiger partial charge in [-0.2, -0.15) is 0 Å². The minimum Gasteiger partial charge on any atom is -0.208 e. The summed E-state index contributed by atoms with van der Waals surface area (Å²) in [6.07, 6.45) is 4.31. The first-order valence-electron chi connectivity index (χ1n) is 22.6. The Bertz CT molecular complexity index is 3300. The fourth-order valence-electron chi connectivity index (χ4n) is 8.28. The molecule has 2 aromatic heterocycles. The molecule has 0 aliphatic rings. The van der Waals surface area contributed by atoms with Gasteiger partial charge < -0.3 is 0 Å². The Kier molecular flexibility index (Phi) is 11.8. The van der Waals surface area contributed by atoms with Crippen molar-refractivity contribution in [1.82, 2.24) is 29.9 Å². The highest BCUT2D eigenvalue weighted by Crippen LogP contribution is 2.38. The van der Waals surface area contributed by atoms with Crippen LogP contribution >= 0.6 is 0 Å². The molecule has 0 bridgehead atoms. The number of benzene rings is 8. The molecule has 6 heteroatoms. The SMILES string of the molecule is C/C=C\c1c(-c2cccc(-c3cccc(-c4nc(-c5ccc(C)cc5)nc(-c5ccc(C)cc5)n4)c3)c2)cccc1-c1cccc(-c2nc(-c3ccc(C)cc3)nc(-c3ccc(C)cc3)n2)c1. The zero-order valence-electron chi connectivity index (χ0n) is 38.2. The van der Waals surface area contributed by atoms with E-state index in [9.17, 15) is 0 Å². The van der Waals surface area contributed by atoms with Gasteiger partial charge in [-0.05, 0) is 91.8 Å². The molecule has 322 valence electrons. The van der Waals surface area contributed by atoms with Crippen molar-refractivity contribution in [2.24, 2.45) is 0 Å². The van der Waals surface area contributed by atoms with E-state index >= 15 is 0 Å². The Balaban J connectivity index is 1.02. The molecule has 0 N–H and O–H groups in total. The smallest absolute Gasteiger partial charge is 0.164 e. The second-order valence-corrected chi connectivity index (χ2v) is 17.1. The van der Waals surface area contributed by atoms with Crippen molar-refractivity contribution in [3.8, 4) is 102 Å². The second kappa shape index (κ2) is 18.6. The van der Waals surface area contributed by atoms with Crippen LogP contribution in [0, 0.1) is 27.7 Å². The van der Waals surface area contributed by atoms with E-state index in [4.69, 9.17) is 29.9 Å². The molecule has 0 saturated heterocycles. The van der Waals surface area contributed by atoms with Crippen molar-refractivity contribution in [2.45, 2.75) is 34.6 Å². The van der Waals surface area contributed by atoms with Gasteiger partial charge in [-0.3, -0.25) is 0 Å². The number of hydrogen-bond acceptors (Lipinski definition) is 6. The summed E-state index contributed by atoms with van der Waals surface area (Å²) in [6.45, 7) is 10.4. The van der Waals surface area contributed by atoms with Crippen LogP contribution in [-0.2, 0) is 0 Å². The Labute approximate surface area is 392 Å². The van der Waals surface area contributed by atoms with E-state index in [1.54, 1.807) is 0 Å². The zero-order valence-corrected chi connectivity index (χ0v) is 38.2. The lowest BCUT2D eigenvalue weighted by Gasteiger charge is -2.15. The first-order valence-corrected chi connectivity index (χ1v) is 22.6. The predicted molar refractivity (Wildman–Crippen MR) is 276 cm³/mol. The summed E-state index contributed by atoms with van der Waals surface area (Å²) in [6, 6.07) is 65.6. The molecule has 10 aromatic rings. The maximum absolute atomic E-state index is 5.06. The first kappa shape index (κ1) is 42.5. The summed E-state index contributed by atoms with van der Waals surface area (Å²) in [7, 11) is 0. The average Bonchev–Trinajstić information content (AvgIpc) is 3.37. The Morgan fingerprint density at radius 2 is 0.522 bits per heavy atom. The van der Waals surface area contributed by atoms with Gasteiger partial charge >= 0.3 is 0 Å². The summed E-state index contributed by atoms with van der Waals surface area (Å²) in [5.41, 5.74) is 18.0. The van der Waals surface area contributed by atoms with Crippen LogP contribution in [0.2, 0.25) is 0 Å². The number of aromatic nitrogens is 6. The van der Waals surface area contributed by atoms with Gasteiger partial charge in [0.05, 0.1) is 0 Å². The number of nitrogens with zero attached hydrogens (tertiary/aromatic N) is 6. The second-order valence-electron chi connectivity index (χ2n) is 17.1. The molecule has 6 nitrogen and oxygen atoms in total. The van der Waals surface area contributed by atoms with Crippen molar-refractivity contribution in [3.63, 3.8) is 0 Å². The molecular formula is C61H48N6. The van der Waals surface area contributed by atoms with E-state index in [0.29, 0.717) is 34.9 Å². The third-order valence-electron chi connectivity index (χ3n) is 12.0. The molecule has 0 saturated carbocycles. The van der Waals surface area contributed by atoms with Crippen molar-refractivity contribution in [3.05, 3.63) is 222 Å². The molecule has 10 rings (SSSR count). The van der Waals surface area contributed by atoms with Gasteiger partial charge in [0.1, 0.15) is 0 Å². The van der Waals surface area contributed by atoms with Crippen LogP contribution in [0.1, 0.15) is 34.7 Å². The van der Waals surface area contributed by atoms with E-state index in [1.807, 2.05) is 0 Å². The van der Waals surface area contributed by atoms with E-state index in [-0.39, 0.29) is 0 Å².